The lowest BCUT2D eigenvalue weighted by molar-refractivity contribution is -0.384. The van der Waals surface area contributed by atoms with E-state index in [-0.39, 0.29) is 18.3 Å². The van der Waals surface area contributed by atoms with E-state index in [0.29, 0.717) is 40.8 Å². The number of anilines is 1. The highest BCUT2D eigenvalue weighted by molar-refractivity contribution is 9.10. The zero-order chi connectivity index (χ0) is 22.2. The van der Waals surface area contributed by atoms with E-state index >= 15 is 0 Å². The van der Waals surface area contributed by atoms with Crippen LogP contribution in [0, 0.1) is 10.1 Å². The molecule has 2 aromatic heterocycles. The van der Waals surface area contributed by atoms with Gasteiger partial charge in [0.2, 0.25) is 6.79 Å². The second-order valence-corrected chi connectivity index (χ2v) is 8.76. The van der Waals surface area contributed by atoms with Crippen LogP contribution in [0.5, 0.6) is 11.5 Å². The lowest BCUT2D eigenvalue weighted by atomic mass is 10.1. The Bertz CT molecular complexity index is 1360. The summed E-state index contributed by atoms with van der Waals surface area (Å²) in [7, 11) is 0. The van der Waals surface area contributed by atoms with Gasteiger partial charge in [0.15, 0.2) is 33.6 Å². The average molecular weight is 515 g/mol. The van der Waals surface area contributed by atoms with Gasteiger partial charge >= 0.3 is 0 Å². The summed E-state index contributed by atoms with van der Waals surface area (Å²) in [5, 5.41) is 11.8. The first kappa shape index (κ1) is 20.5. The molecule has 10 nitrogen and oxygen atoms in total. The highest BCUT2D eigenvalue weighted by Gasteiger charge is 2.21. The summed E-state index contributed by atoms with van der Waals surface area (Å²) < 4.78 is 13.7. The number of hydrogen-bond acceptors (Lipinski definition) is 9. The molecule has 2 N–H and O–H groups in total. The first-order chi connectivity index (χ1) is 15.5. The smallest absolute Gasteiger partial charge is 0.269 e. The minimum absolute atomic E-state index is 0.0587. The van der Waals surface area contributed by atoms with Gasteiger partial charge < -0.3 is 19.8 Å². The SMILES string of the molecule is Nc1ncnc2c1nc(Sc1cc3c(cc1Br)OCO3)n2CCc1cccc([N+](=O)[O-])c1. The third-order valence-electron chi connectivity index (χ3n) is 4.90. The number of hydrogen-bond donors (Lipinski definition) is 1. The van der Waals surface area contributed by atoms with E-state index in [0.717, 1.165) is 14.9 Å². The minimum atomic E-state index is -0.400. The van der Waals surface area contributed by atoms with Crippen LogP contribution in [0.15, 0.2) is 57.3 Å². The fourth-order valence-electron chi connectivity index (χ4n) is 3.35. The van der Waals surface area contributed by atoms with Crippen LogP contribution in [-0.4, -0.2) is 31.2 Å². The summed E-state index contributed by atoms with van der Waals surface area (Å²) in [6.45, 7) is 0.683. The molecular weight excluding hydrogens is 500 g/mol. The van der Waals surface area contributed by atoms with Gasteiger partial charge in [0.1, 0.15) is 6.33 Å². The molecule has 0 amide bonds. The first-order valence-electron chi connectivity index (χ1n) is 9.46. The van der Waals surface area contributed by atoms with Crippen molar-refractivity contribution in [2.45, 2.75) is 23.0 Å². The van der Waals surface area contributed by atoms with Gasteiger partial charge in [-0.25, -0.2) is 15.0 Å². The number of fused-ring (bicyclic) bond motifs is 2. The van der Waals surface area contributed by atoms with Gasteiger partial charge in [-0.15, -0.1) is 0 Å². The Morgan fingerprint density at radius 3 is 2.84 bits per heavy atom. The average Bonchev–Trinajstić information content (AvgIpc) is 3.37. The number of rotatable bonds is 6. The maximum absolute atomic E-state index is 11.1. The molecule has 2 aromatic carbocycles. The maximum atomic E-state index is 11.1. The third kappa shape index (κ3) is 3.82. The summed E-state index contributed by atoms with van der Waals surface area (Å²) >= 11 is 5.00. The standard InChI is InChI=1S/C20H15BrN6O4S/c21-13-7-14-15(31-10-30-14)8-16(13)32-20-25-17-18(22)23-9-24-19(17)26(20)5-4-11-2-1-3-12(6-11)27(28)29/h1-3,6-9H,4-5,10H2,(H2,22,23,24). The molecule has 4 aromatic rings. The number of ether oxygens (including phenoxy) is 2. The fourth-order valence-corrected chi connectivity index (χ4v) is 4.86. The van der Waals surface area contributed by atoms with E-state index in [1.807, 2.05) is 22.8 Å². The number of nitro groups is 1. The van der Waals surface area contributed by atoms with Gasteiger partial charge in [-0.1, -0.05) is 23.9 Å². The Hall–Kier alpha value is -3.38. The molecule has 0 spiro atoms. The summed E-state index contributed by atoms with van der Waals surface area (Å²) in [5.74, 6) is 1.63. The molecule has 0 saturated carbocycles. The molecule has 3 heterocycles. The fraction of sp³-hybridized carbons (Fsp3) is 0.150. The van der Waals surface area contributed by atoms with Crippen LogP contribution in [-0.2, 0) is 13.0 Å². The van der Waals surface area contributed by atoms with Gasteiger partial charge in [-0.2, -0.15) is 0 Å². The second-order valence-electron chi connectivity index (χ2n) is 6.89. The number of benzene rings is 2. The van der Waals surface area contributed by atoms with Crippen LogP contribution >= 0.6 is 27.7 Å². The van der Waals surface area contributed by atoms with Crippen molar-refractivity contribution in [3.63, 3.8) is 0 Å². The number of aromatic nitrogens is 4. The van der Waals surface area contributed by atoms with E-state index in [9.17, 15) is 10.1 Å². The first-order valence-corrected chi connectivity index (χ1v) is 11.1. The molecule has 0 radical (unpaired) electrons. The van der Waals surface area contributed by atoms with Gasteiger partial charge in [0, 0.05) is 28.0 Å². The Kier molecular flexibility index (Phi) is 5.31. The number of imidazole rings is 1. The largest absolute Gasteiger partial charge is 0.454 e. The van der Waals surface area contributed by atoms with Crippen molar-refractivity contribution in [2.24, 2.45) is 0 Å². The Labute approximate surface area is 194 Å². The molecule has 0 unspecified atom stereocenters. The van der Waals surface area contributed by atoms with Crippen LogP contribution in [0.2, 0.25) is 0 Å². The maximum Gasteiger partial charge on any atom is 0.269 e. The van der Waals surface area contributed by atoms with Gasteiger partial charge in [0.05, 0.1) is 4.92 Å². The topological polar surface area (TPSA) is 131 Å². The van der Waals surface area contributed by atoms with Gasteiger partial charge in [-0.3, -0.25) is 10.1 Å². The summed E-state index contributed by atoms with van der Waals surface area (Å²) in [6.07, 6.45) is 1.95. The van der Waals surface area contributed by atoms with Crippen LogP contribution in [0.25, 0.3) is 11.2 Å². The summed E-state index contributed by atoms with van der Waals surface area (Å²) in [4.78, 5) is 24.7. The highest BCUT2D eigenvalue weighted by atomic mass is 79.9. The monoisotopic (exact) mass is 514 g/mol. The third-order valence-corrected chi connectivity index (χ3v) is 6.87. The van der Waals surface area contributed by atoms with E-state index in [2.05, 4.69) is 30.9 Å². The lowest BCUT2D eigenvalue weighted by Gasteiger charge is -2.10. The normalized spacial score (nSPS) is 12.4. The molecule has 162 valence electrons. The molecule has 0 saturated heterocycles. The Balaban J connectivity index is 1.51. The molecule has 0 aliphatic carbocycles. The van der Waals surface area contributed by atoms with Crippen LogP contribution in [0.3, 0.4) is 0 Å². The molecule has 0 bridgehead atoms. The van der Waals surface area contributed by atoms with E-state index in [1.165, 1.54) is 24.2 Å². The van der Waals surface area contributed by atoms with Crippen molar-refractivity contribution < 1.29 is 14.4 Å². The second kappa shape index (κ2) is 8.28. The van der Waals surface area contributed by atoms with Crippen molar-refractivity contribution >= 4 is 50.4 Å². The van der Waals surface area contributed by atoms with Gasteiger partial charge in [0.25, 0.3) is 5.69 Å². The van der Waals surface area contributed by atoms with E-state index < -0.39 is 4.92 Å². The van der Waals surface area contributed by atoms with Crippen molar-refractivity contribution in [1.29, 1.82) is 0 Å². The van der Waals surface area contributed by atoms with Crippen LogP contribution in [0.1, 0.15) is 5.56 Å². The van der Waals surface area contributed by atoms with Gasteiger partial charge in [-0.05, 0) is 40.0 Å². The van der Waals surface area contributed by atoms with Crippen molar-refractivity contribution in [3.05, 3.63) is 62.9 Å². The zero-order valence-corrected chi connectivity index (χ0v) is 18.8. The predicted molar refractivity (Wildman–Crippen MR) is 121 cm³/mol. The quantitative estimate of drug-likeness (QED) is 0.296. The number of non-ortho nitro benzene ring substituents is 1. The summed E-state index contributed by atoms with van der Waals surface area (Å²) in [6, 6.07) is 10.3. The zero-order valence-electron chi connectivity index (χ0n) is 16.4. The molecule has 5 rings (SSSR count). The minimum Gasteiger partial charge on any atom is -0.454 e. The molecule has 0 atom stereocenters. The number of nitrogen functional groups attached to an aromatic ring is 1. The molecular formula is C20H15BrN6O4S. The highest BCUT2D eigenvalue weighted by Crippen LogP contribution is 2.43. The molecule has 32 heavy (non-hydrogen) atoms. The lowest BCUT2D eigenvalue weighted by Crippen LogP contribution is -2.05. The van der Waals surface area contributed by atoms with Crippen molar-refractivity contribution in [1.82, 2.24) is 19.5 Å². The molecule has 12 heteroatoms. The predicted octanol–water partition coefficient (Wildman–Crippen LogP) is 4.20. The van der Waals surface area contributed by atoms with Crippen LogP contribution < -0.4 is 15.2 Å². The number of halogens is 1. The Morgan fingerprint density at radius 1 is 1.22 bits per heavy atom. The number of nitrogens with zero attached hydrogens (tertiary/aromatic N) is 5. The summed E-state index contributed by atoms with van der Waals surface area (Å²) in [5.41, 5.74) is 8.04. The molecule has 1 aliphatic heterocycles. The Morgan fingerprint density at radius 2 is 2.03 bits per heavy atom. The molecule has 0 fully saturated rings. The van der Waals surface area contributed by atoms with E-state index in [4.69, 9.17) is 15.2 Å². The number of aryl methyl sites for hydroxylation is 2. The number of nitro benzene ring substituents is 1. The van der Waals surface area contributed by atoms with Crippen LogP contribution in [0.4, 0.5) is 11.5 Å². The van der Waals surface area contributed by atoms with Crippen molar-refractivity contribution in [3.8, 4) is 11.5 Å². The number of nitrogens with two attached hydrogens (primary N) is 1. The van der Waals surface area contributed by atoms with E-state index in [1.54, 1.807) is 12.1 Å². The molecule has 1 aliphatic rings. The van der Waals surface area contributed by atoms with Crippen molar-refractivity contribution in [2.75, 3.05) is 12.5 Å².